The minimum absolute atomic E-state index is 0.0755. The molecule has 1 N–H and O–H groups in total. The van der Waals surface area contributed by atoms with Gasteiger partial charge in [-0.3, -0.25) is 4.79 Å². The van der Waals surface area contributed by atoms with Gasteiger partial charge in [0.25, 0.3) is 0 Å². The maximum Gasteiger partial charge on any atom is 0.197 e. The molecule has 206 valence electrons. The first-order chi connectivity index (χ1) is 18.7. The molecular weight excluding hydrogens is 484 g/mol. The molecule has 0 radical (unpaired) electrons. The van der Waals surface area contributed by atoms with Crippen molar-refractivity contribution in [2.75, 3.05) is 6.61 Å². The van der Waals surface area contributed by atoms with Crippen LogP contribution in [0.15, 0.2) is 98.3 Å². The molecule has 4 heteroatoms. The second-order valence-corrected chi connectivity index (χ2v) is 10.7. The number of phenols is 1. The number of aromatic hydroxyl groups is 1. The SMILES string of the molecule is CC(C)=CCC/C(C)=C/COc1cc2oc(-c3ccccc3)cc(=O)c2c(O)c1C/C=C(\C)CCC=C(C)C. The highest BCUT2D eigenvalue weighted by Crippen LogP contribution is 2.37. The molecule has 0 fully saturated rings. The number of allylic oxidation sites excluding steroid dienone is 7. The van der Waals surface area contributed by atoms with Gasteiger partial charge in [-0.15, -0.1) is 0 Å². The van der Waals surface area contributed by atoms with Crippen molar-refractivity contribution in [1.82, 2.24) is 0 Å². The zero-order valence-electron chi connectivity index (χ0n) is 24.3. The summed E-state index contributed by atoms with van der Waals surface area (Å²) < 4.78 is 12.3. The van der Waals surface area contributed by atoms with E-state index in [0.717, 1.165) is 31.2 Å². The molecule has 0 unspecified atom stereocenters. The number of rotatable bonds is 12. The average Bonchev–Trinajstić information content (AvgIpc) is 2.88. The minimum Gasteiger partial charge on any atom is -0.507 e. The number of benzene rings is 2. The summed E-state index contributed by atoms with van der Waals surface area (Å²) in [5.74, 6) is 0.903. The molecule has 0 atom stereocenters. The topological polar surface area (TPSA) is 59.7 Å². The van der Waals surface area contributed by atoms with Gasteiger partial charge in [-0.05, 0) is 79.7 Å². The van der Waals surface area contributed by atoms with E-state index in [4.69, 9.17) is 9.15 Å². The molecule has 1 aromatic heterocycles. The van der Waals surface area contributed by atoms with Crippen molar-refractivity contribution in [3.8, 4) is 22.8 Å². The Morgan fingerprint density at radius 3 is 2.08 bits per heavy atom. The highest BCUT2D eigenvalue weighted by molar-refractivity contribution is 5.88. The second kappa shape index (κ2) is 14.4. The van der Waals surface area contributed by atoms with Crippen molar-refractivity contribution in [3.05, 3.63) is 105 Å². The van der Waals surface area contributed by atoms with Crippen LogP contribution in [0, 0.1) is 0 Å². The van der Waals surface area contributed by atoms with Crippen molar-refractivity contribution in [2.45, 2.75) is 73.6 Å². The lowest BCUT2D eigenvalue weighted by Crippen LogP contribution is -2.05. The molecule has 39 heavy (non-hydrogen) atoms. The van der Waals surface area contributed by atoms with Crippen LogP contribution in [0.2, 0.25) is 0 Å². The normalized spacial score (nSPS) is 11.9. The van der Waals surface area contributed by atoms with Gasteiger partial charge in [-0.1, -0.05) is 70.9 Å². The molecule has 1 heterocycles. The zero-order valence-corrected chi connectivity index (χ0v) is 24.3. The van der Waals surface area contributed by atoms with Crippen molar-refractivity contribution < 1.29 is 14.3 Å². The molecular formula is C35H42O4. The molecule has 0 amide bonds. The van der Waals surface area contributed by atoms with Crippen molar-refractivity contribution in [2.24, 2.45) is 0 Å². The van der Waals surface area contributed by atoms with E-state index in [9.17, 15) is 9.90 Å². The van der Waals surface area contributed by atoms with Gasteiger partial charge >= 0.3 is 0 Å². The fourth-order valence-electron chi connectivity index (χ4n) is 4.32. The Bertz CT molecular complexity index is 1440. The molecule has 3 rings (SSSR count). The summed E-state index contributed by atoms with van der Waals surface area (Å²) in [5.41, 5.74) is 6.51. The van der Waals surface area contributed by atoms with Gasteiger partial charge in [-0.2, -0.15) is 0 Å². The van der Waals surface area contributed by atoms with Gasteiger partial charge in [0, 0.05) is 23.3 Å². The second-order valence-electron chi connectivity index (χ2n) is 10.7. The van der Waals surface area contributed by atoms with Gasteiger partial charge < -0.3 is 14.3 Å². The van der Waals surface area contributed by atoms with Crippen molar-refractivity contribution in [3.63, 3.8) is 0 Å². The predicted molar refractivity (Wildman–Crippen MR) is 164 cm³/mol. The van der Waals surface area contributed by atoms with Gasteiger partial charge in [0.1, 0.15) is 34.8 Å². The predicted octanol–water partition coefficient (Wildman–Crippen LogP) is 9.47. The van der Waals surface area contributed by atoms with E-state index in [1.54, 1.807) is 6.07 Å². The van der Waals surface area contributed by atoms with Crippen LogP contribution in [0.4, 0.5) is 0 Å². The zero-order chi connectivity index (χ0) is 28.4. The Morgan fingerprint density at radius 2 is 1.46 bits per heavy atom. The van der Waals surface area contributed by atoms with E-state index in [0.29, 0.717) is 35.7 Å². The van der Waals surface area contributed by atoms with E-state index in [1.165, 1.54) is 28.4 Å². The molecule has 0 aliphatic carbocycles. The number of phenolic OH excluding ortho intramolecular Hbond substituents is 1. The number of hydrogen-bond acceptors (Lipinski definition) is 4. The lowest BCUT2D eigenvalue weighted by atomic mass is 10.0. The molecule has 0 aliphatic rings. The largest absolute Gasteiger partial charge is 0.507 e. The summed E-state index contributed by atoms with van der Waals surface area (Å²) in [6.45, 7) is 13.0. The lowest BCUT2D eigenvalue weighted by molar-refractivity contribution is 0.354. The summed E-state index contributed by atoms with van der Waals surface area (Å²) >= 11 is 0. The maximum atomic E-state index is 13.2. The van der Waals surface area contributed by atoms with Crippen molar-refractivity contribution in [1.29, 1.82) is 0 Å². The van der Waals surface area contributed by atoms with Gasteiger partial charge in [-0.25, -0.2) is 0 Å². The Labute approximate surface area is 233 Å². The first-order valence-corrected chi connectivity index (χ1v) is 13.7. The fraction of sp³-hybridized carbons (Fsp3) is 0.343. The average molecular weight is 527 g/mol. The monoisotopic (exact) mass is 526 g/mol. The standard InChI is InChI=1S/C35H42O4/c1-24(2)12-10-14-26(5)18-19-29-32(38-21-20-27(6)15-11-13-25(3)4)23-33-34(35(29)37)30(36)22-31(39-33)28-16-8-7-9-17-28/h7-9,12-13,16-18,20,22-23,37H,10-11,14-15,19,21H2,1-6H3/b26-18+,27-20+. The maximum absolute atomic E-state index is 13.2. The van der Waals surface area contributed by atoms with Crippen LogP contribution in [0.3, 0.4) is 0 Å². The van der Waals surface area contributed by atoms with E-state index in [-0.39, 0.29) is 16.6 Å². The number of ether oxygens (including phenoxy) is 1. The van der Waals surface area contributed by atoms with Crippen LogP contribution in [0.1, 0.15) is 72.8 Å². The van der Waals surface area contributed by atoms with Crippen LogP contribution in [-0.4, -0.2) is 11.7 Å². The molecule has 4 nitrogen and oxygen atoms in total. The first-order valence-electron chi connectivity index (χ1n) is 13.7. The Balaban J connectivity index is 1.97. The van der Waals surface area contributed by atoms with E-state index in [2.05, 4.69) is 65.8 Å². The minimum atomic E-state index is -0.278. The summed E-state index contributed by atoms with van der Waals surface area (Å²) in [4.78, 5) is 13.2. The third kappa shape index (κ3) is 8.88. The summed E-state index contributed by atoms with van der Waals surface area (Å²) in [6, 6.07) is 12.7. The van der Waals surface area contributed by atoms with Crippen LogP contribution in [-0.2, 0) is 6.42 Å². The molecule has 3 aromatic rings. The molecule has 0 bridgehead atoms. The fourth-order valence-corrected chi connectivity index (χ4v) is 4.32. The Kier molecular flexibility index (Phi) is 11.0. The van der Waals surface area contributed by atoms with Crippen LogP contribution >= 0.6 is 0 Å². The van der Waals surface area contributed by atoms with E-state index >= 15 is 0 Å². The third-order valence-electron chi connectivity index (χ3n) is 6.62. The third-order valence-corrected chi connectivity index (χ3v) is 6.62. The van der Waals surface area contributed by atoms with Gasteiger partial charge in [0.05, 0.1) is 0 Å². The summed E-state index contributed by atoms with van der Waals surface area (Å²) in [7, 11) is 0. The number of fused-ring (bicyclic) bond motifs is 1. The highest BCUT2D eigenvalue weighted by atomic mass is 16.5. The van der Waals surface area contributed by atoms with Crippen LogP contribution in [0.25, 0.3) is 22.3 Å². The Hall–Kier alpha value is -3.79. The summed E-state index contributed by atoms with van der Waals surface area (Å²) in [5, 5.41) is 11.5. The highest BCUT2D eigenvalue weighted by Gasteiger charge is 2.19. The molecule has 2 aromatic carbocycles. The van der Waals surface area contributed by atoms with Crippen LogP contribution < -0.4 is 10.2 Å². The van der Waals surface area contributed by atoms with Gasteiger partial charge in [0.15, 0.2) is 5.43 Å². The molecule has 0 aliphatic heterocycles. The molecule has 0 saturated carbocycles. The molecule has 0 spiro atoms. The summed E-state index contributed by atoms with van der Waals surface area (Å²) in [6.07, 6.45) is 13.0. The quantitative estimate of drug-likeness (QED) is 0.239. The van der Waals surface area contributed by atoms with E-state index < -0.39 is 0 Å². The van der Waals surface area contributed by atoms with E-state index in [1.807, 2.05) is 30.3 Å². The van der Waals surface area contributed by atoms with Crippen molar-refractivity contribution >= 4 is 11.0 Å². The molecule has 0 saturated heterocycles. The smallest absolute Gasteiger partial charge is 0.197 e. The lowest BCUT2D eigenvalue weighted by Gasteiger charge is -2.14. The number of hydrogen-bond donors (Lipinski definition) is 1. The van der Waals surface area contributed by atoms with Gasteiger partial charge in [0.2, 0.25) is 0 Å². The first kappa shape index (κ1) is 29.8. The Morgan fingerprint density at radius 1 is 0.846 bits per heavy atom. The van der Waals surface area contributed by atoms with Crippen LogP contribution in [0.5, 0.6) is 11.5 Å².